The molecule has 0 aromatic heterocycles. The predicted molar refractivity (Wildman–Crippen MR) is 295 cm³/mol. The molecule has 0 radical (unpaired) electrons. The van der Waals surface area contributed by atoms with Gasteiger partial charge in [-0.3, -0.25) is 0 Å². The van der Waals surface area contributed by atoms with Crippen LogP contribution in [0.25, 0.3) is 77.2 Å². The van der Waals surface area contributed by atoms with E-state index in [9.17, 15) is 0 Å². The van der Waals surface area contributed by atoms with Crippen molar-refractivity contribution < 1.29 is 4.74 Å². The van der Waals surface area contributed by atoms with Crippen molar-refractivity contribution in [2.45, 2.75) is 5.41 Å². The van der Waals surface area contributed by atoms with Crippen molar-refractivity contribution in [2.75, 3.05) is 4.90 Å². The van der Waals surface area contributed by atoms with Crippen LogP contribution in [0.5, 0.6) is 11.5 Å². The quantitative estimate of drug-likeness (QED) is 0.148. The van der Waals surface area contributed by atoms with Crippen LogP contribution in [0, 0.1) is 0 Å². The third-order valence-corrected chi connectivity index (χ3v) is 15.0. The summed E-state index contributed by atoms with van der Waals surface area (Å²) >= 11 is 0. The molecule has 12 aromatic rings. The second-order valence-corrected chi connectivity index (χ2v) is 18.7. The lowest BCUT2D eigenvalue weighted by Crippen LogP contribution is -2.32. The summed E-state index contributed by atoms with van der Waals surface area (Å²) in [6, 6.07) is 99.8. The number of para-hydroxylation sites is 3. The highest BCUT2D eigenvalue weighted by Crippen LogP contribution is 2.63. The Morgan fingerprint density at radius 2 is 0.746 bits per heavy atom. The maximum absolute atomic E-state index is 6.75. The zero-order valence-corrected chi connectivity index (χ0v) is 38.8. The molecule has 0 fully saturated rings. The molecular formula is C69H45NO. The number of ether oxygens (including phenoxy) is 1. The molecule has 0 N–H and O–H groups in total. The van der Waals surface area contributed by atoms with Crippen molar-refractivity contribution in [3.05, 3.63) is 295 Å². The fraction of sp³-hybridized carbons (Fsp3) is 0.0145. The van der Waals surface area contributed by atoms with Crippen molar-refractivity contribution in [1.82, 2.24) is 0 Å². The van der Waals surface area contributed by atoms with E-state index < -0.39 is 5.41 Å². The van der Waals surface area contributed by atoms with Crippen LogP contribution in [0.4, 0.5) is 17.1 Å². The Balaban J connectivity index is 1.01. The summed E-state index contributed by atoms with van der Waals surface area (Å²) in [5.74, 6) is 1.76. The van der Waals surface area contributed by atoms with Gasteiger partial charge in [-0.15, -0.1) is 0 Å². The van der Waals surface area contributed by atoms with Crippen molar-refractivity contribution in [1.29, 1.82) is 0 Å². The Bertz CT molecular complexity index is 3990. The van der Waals surface area contributed by atoms with E-state index in [0.717, 1.165) is 50.8 Å². The van der Waals surface area contributed by atoms with Gasteiger partial charge in [0.25, 0.3) is 0 Å². The Hall–Kier alpha value is -9.24. The van der Waals surface area contributed by atoms with Gasteiger partial charge in [-0.05, 0) is 131 Å². The van der Waals surface area contributed by atoms with Gasteiger partial charge in [0.2, 0.25) is 0 Å². The summed E-state index contributed by atoms with van der Waals surface area (Å²) in [4.78, 5) is 2.48. The first-order valence-corrected chi connectivity index (χ1v) is 24.5. The van der Waals surface area contributed by atoms with E-state index in [1.165, 1.54) is 77.2 Å². The third-order valence-electron chi connectivity index (χ3n) is 15.0. The first kappa shape index (κ1) is 40.8. The number of rotatable bonds is 7. The van der Waals surface area contributed by atoms with E-state index in [4.69, 9.17) is 4.74 Å². The van der Waals surface area contributed by atoms with Crippen molar-refractivity contribution in [2.24, 2.45) is 0 Å². The number of anilines is 3. The number of fused-ring (bicyclic) bond motifs is 12. The van der Waals surface area contributed by atoms with Crippen LogP contribution < -0.4 is 9.64 Å². The molecule has 0 atom stereocenters. The summed E-state index contributed by atoms with van der Waals surface area (Å²) in [6.07, 6.45) is 0. The van der Waals surface area contributed by atoms with E-state index in [2.05, 4.69) is 278 Å². The molecule has 0 saturated heterocycles. The molecule has 71 heavy (non-hydrogen) atoms. The normalized spacial score (nSPS) is 12.7. The van der Waals surface area contributed by atoms with E-state index in [1.54, 1.807) is 0 Å². The maximum atomic E-state index is 6.75. The smallest absolute Gasteiger partial charge is 0.132 e. The van der Waals surface area contributed by atoms with Gasteiger partial charge in [-0.1, -0.05) is 224 Å². The summed E-state index contributed by atoms with van der Waals surface area (Å²) in [6.45, 7) is 0. The number of benzene rings is 12. The molecule has 0 bridgehead atoms. The molecule has 1 aliphatic heterocycles. The molecule has 0 saturated carbocycles. The van der Waals surface area contributed by atoms with Crippen LogP contribution in [0.3, 0.4) is 0 Å². The standard InChI is InChI=1S/C69H45NO/c1-2-20-46(21-3-1)51-23-6-7-25-53(51)55-27-9-10-28-56(55)60-31-13-17-35-66(60)70(49-40-38-47(39-41-49)61-44-48-22-4-5-24-52(48)54-26-8-11-29-57(54)61)50-42-43-59-58-30-12-14-32-62(58)69(65(59)45-50)63-33-15-18-36-67(63)71-68-37-19-16-34-64(68)69/h1-45H. The minimum atomic E-state index is -0.618. The topological polar surface area (TPSA) is 12.5 Å². The first-order chi connectivity index (χ1) is 35.2. The summed E-state index contributed by atoms with van der Waals surface area (Å²) in [7, 11) is 0. The molecule has 2 aliphatic rings. The van der Waals surface area contributed by atoms with Crippen LogP contribution in [0.2, 0.25) is 0 Å². The fourth-order valence-electron chi connectivity index (χ4n) is 11.9. The highest BCUT2D eigenvalue weighted by atomic mass is 16.5. The van der Waals surface area contributed by atoms with Crippen LogP contribution in [0.15, 0.2) is 273 Å². The van der Waals surface area contributed by atoms with Gasteiger partial charge in [0.1, 0.15) is 11.5 Å². The van der Waals surface area contributed by atoms with Gasteiger partial charge in [-0.2, -0.15) is 0 Å². The second kappa shape index (κ2) is 16.5. The predicted octanol–water partition coefficient (Wildman–Crippen LogP) is 18.6. The average molecular weight is 904 g/mol. The highest BCUT2D eigenvalue weighted by Gasteiger charge is 2.51. The zero-order valence-electron chi connectivity index (χ0n) is 38.8. The lowest BCUT2D eigenvalue weighted by molar-refractivity contribution is 0.436. The van der Waals surface area contributed by atoms with Crippen LogP contribution in [0.1, 0.15) is 22.3 Å². The van der Waals surface area contributed by atoms with Crippen molar-refractivity contribution in [3.63, 3.8) is 0 Å². The highest BCUT2D eigenvalue weighted by molar-refractivity contribution is 6.14. The van der Waals surface area contributed by atoms with Gasteiger partial charge in [0.15, 0.2) is 0 Å². The molecular weight excluding hydrogens is 859 g/mol. The van der Waals surface area contributed by atoms with Crippen LogP contribution >= 0.6 is 0 Å². The largest absolute Gasteiger partial charge is 0.457 e. The summed E-state index contributed by atoms with van der Waals surface area (Å²) in [5.41, 5.74) is 19.3. The maximum Gasteiger partial charge on any atom is 0.132 e. The lowest BCUT2D eigenvalue weighted by Gasteiger charge is -2.39. The molecule has 332 valence electrons. The summed E-state index contributed by atoms with van der Waals surface area (Å²) < 4.78 is 6.75. The minimum Gasteiger partial charge on any atom is -0.457 e. The average Bonchev–Trinajstić information content (AvgIpc) is 3.74. The minimum absolute atomic E-state index is 0.618. The van der Waals surface area contributed by atoms with Gasteiger partial charge < -0.3 is 9.64 Å². The SMILES string of the molecule is c1ccc(-c2ccccc2-c2ccccc2-c2ccccc2N(c2ccc(-c3cc4ccccc4c4ccccc34)cc2)c2ccc3c(c2)C2(c4ccccc4Oc4ccccc42)c2ccccc2-3)cc1. The van der Waals surface area contributed by atoms with Gasteiger partial charge in [0, 0.05) is 28.1 Å². The number of hydrogen-bond acceptors (Lipinski definition) is 2. The van der Waals surface area contributed by atoms with Crippen LogP contribution in [-0.4, -0.2) is 0 Å². The van der Waals surface area contributed by atoms with E-state index >= 15 is 0 Å². The monoisotopic (exact) mass is 903 g/mol. The molecule has 14 rings (SSSR count). The van der Waals surface area contributed by atoms with E-state index in [1.807, 2.05) is 0 Å². The number of hydrogen-bond donors (Lipinski definition) is 0. The van der Waals surface area contributed by atoms with Gasteiger partial charge in [-0.25, -0.2) is 0 Å². The van der Waals surface area contributed by atoms with Crippen molar-refractivity contribution >= 4 is 38.6 Å². The second-order valence-electron chi connectivity index (χ2n) is 18.7. The third kappa shape index (κ3) is 6.35. The Morgan fingerprint density at radius 1 is 0.268 bits per heavy atom. The summed E-state index contributed by atoms with van der Waals surface area (Å²) in [5, 5.41) is 5.01. The molecule has 12 aromatic carbocycles. The van der Waals surface area contributed by atoms with Gasteiger partial charge in [0.05, 0.1) is 11.1 Å². The molecule has 2 nitrogen and oxygen atoms in total. The molecule has 1 spiro atoms. The first-order valence-electron chi connectivity index (χ1n) is 24.5. The van der Waals surface area contributed by atoms with E-state index in [-0.39, 0.29) is 0 Å². The Morgan fingerprint density at radius 3 is 1.46 bits per heavy atom. The molecule has 1 aliphatic carbocycles. The fourth-order valence-corrected chi connectivity index (χ4v) is 11.9. The van der Waals surface area contributed by atoms with Crippen molar-refractivity contribution in [3.8, 4) is 67.1 Å². The molecule has 2 heteroatoms. The van der Waals surface area contributed by atoms with Crippen LogP contribution in [-0.2, 0) is 5.41 Å². The van der Waals surface area contributed by atoms with Gasteiger partial charge >= 0.3 is 0 Å². The lowest BCUT2D eigenvalue weighted by atomic mass is 9.66. The Kier molecular flexibility index (Phi) is 9.47. The zero-order chi connectivity index (χ0) is 46.9. The molecule has 1 heterocycles. The molecule has 0 unspecified atom stereocenters. The molecule has 0 amide bonds. The number of nitrogens with zero attached hydrogens (tertiary/aromatic N) is 1. The van der Waals surface area contributed by atoms with E-state index in [0.29, 0.717) is 0 Å². The Labute approximate surface area is 414 Å².